The predicted molar refractivity (Wildman–Crippen MR) is 87.0 cm³/mol. The molecule has 0 bridgehead atoms. The van der Waals surface area contributed by atoms with E-state index in [4.69, 9.17) is 5.11 Å². The van der Waals surface area contributed by atoms with Crippen molar-refractivity contribution in [3.8, 4) is 11.8 Å². The van der Waals surface area contributed by atoms with Gasteiger partial charge in [0.2, 0.25) is 0 Å². The summed E-state index contributed by atoms with van der Waals surface area (Å²) in [5.41, 5.74) is 2.29. The molecule has 1 heterocycles. The van der Waals surface area contributed by atoms with Gasteiger partial charge in [0.15, 0.2) is 0 Å². The van der Waals surface area contributed by atoms with Crippen molar-refractivity contribution in [2.24, 2.45) is 0 Å². The van der Waals surface area contributed by atoms with Crippen LogP contribution in [0.4, 0.5) is 0 Å². The second-order valence-electron chi connectivity index (χ2n) is 5.37. The van der Waals surface area contributed by atoms with E-state index in [2.05, 4.69) is 46.4 Å². The summed E-state index contributed by atoms with van der Waals surface area (Å²) in [7, 11) is 0. The van der Waals surface area contributed by atoms with Gasteiger partial charge in [-0.2, -0.15) is 0 Å². The highest BCUT2D eigenvalue weighted by molar-refractivity contribution is 7.09. The van der Waals surface area contributed by atoms with Gasteiger partial charge in [-0.3, -0.25) is 4.90 Å². The summed E-state index contributed by atoms with van der Waals surface area (Å²) in [6, 6.07) is 13.5. The number of nitrogens with zero attached hydrogens (tertiary/aromatic N) is 1. The van der Waals surface area contributed by atoms with Crippen LogP contribution in [0.2, 0.25) is 0 Å². The highest BCUT2D eigenvalue weighted by atomic mass is 32.1. The summed E-state index contributed by atoms with van der Waals surface area (Å²) in [5.74, 6) is 5.61. The van der Waals surface area contributed by atoms with Gasteiger partial charge >= 0.3 is 0 Å². The molecular weight excluding hydrogens is 278 g/mol. The first kappa shape index (κ1) is 14.3. The van der Waals surface area contributed by atoms with Crippen molar-refractivity contribution in [1.82, 2.24) is 4.90 Å². The summed E-state index contributed by atoms with van der Waals surface area (Å²) in [4.78, 5) is 4.01. The van der Waals surface area contributed by atoms with Gasteiger partial charge in [-0.05, 0) is 42.0 Å². The molecule has 1 aliphatic rings. The molecule has 2 nitrogen and oxygen atoms in total. The Labute approximate surface area is 130 Å². The minimum Gasteiger partial charge on any atom is -0.384 e. The van der Waals surface area contributed by atoms with Crippen LogP contribution in [-0.2, 0) is 13.1 Å². The van der Waals surface area contributed by atoms with Crippen LogP contribution in [0, 0.1) is 11.8 Å². The zero-order valence-electron chi connectivity index (χ0n) is 12.0. The Morgan fingerprint density at radius 1 is 1.14 bits per heavy atom. The summed E-state index contributed by atoms with van der Waals surface area (Å²) in [5, 5.41) is 10.9. The monoisotopic (exact) mass is 297 g/mol. The zero-order chi connectivity index (χ0) is 14.5. The molecule has 0 atom stereocenters. The lowest BCUT2D eigenvalue weighted by molar-refractivity contribution is 0.248. The van der Waals surface area contributed by atoms with E-state index in [1.165, 1.54) is 23.3 Å². The van der Waals surface area contributed by atoms with E-state index < -0.39 is 0 Å². The lowest BCUT2D eigenvalue weighted by Crippen LogP contribution is -2.24. The van der Waals surface area contributed by atoms with Crippen molar-refractivity contribution in [3.05, 3.63) is 57.8 Å². The lowest BCUT2D eigenvalue weighted by Gasteiger charge is -2.21. The fourth-order valence-corrected chi connectivity index (χ4v) is 3.16. The second kappa shape index (κ2) is 6.91. The summed E-state index contributed by atoms with van der Waals surface area (Å²) >= 11 is 1.83. The molecule has 0 spiro atoms. The van der Waals surface area contributed by atoms with Crippen LogP contribution in [0.3, 0.4) is 0 Å². The van der Waals surface area contributed by atoms with Crippen molar-refractivity contribution in [2.75, 3.05) is 6.61 Å². The molecule has 0 amide bonds. The van der Waals surface area contributed by atoms with Gasteiger partial charge in [-0.25, -0.2) is 0 Å². The number of rotatable bonds is 5. The van der Waals surface area contributed by atoms with Crippen LogP contribution >= 0.6 is 11.3 Å². The molecule has 3 rings (SSSR count). The number of thiophene rings is 1. The molecule has 21 heavy (non-hydrogen) atoms. The largest absolute Gasteiger partial charge is 0.384 e. The van der Waals surface area contributed by atoms with Gasteiger partial charge in [0.25, 0.3) is 0 Å². The Kier molecular flexibility index (Phi) is 4.72. The Hall–Kier alpha value is -1.60. The maximum atomic E-state index is 8.71. The third-order valence-corrected chi connectivity index (χ3v) is 4.51. The van der Waals surface area contributed by atoms with E-state index in [-0.39, 0.29) is 6.61 Å². The van der Waals surface area contributed by atoms with Crippen LogP contribution in [-0.4, -0.2) is 22.7 Å². The van der Waals surface area contributed by atoms with E-state index in [1.807, 2.05) is 23.5 Å². The minimum atomic E-state index is -0.0853. The molecule has 2 aromatic rings. The summed E-state index contributed by atoms with van der Waals surface area (Å²) in [6.07, 6.45) is 2.65. The van der Waals surface area contributed by atoms with Gasteiger partial charge < -0.3 is 5.11 Å². The van der Waals surface area contributed by atoms with Gasteiger partial charge in [-0.15, -0.1) is 11.3 Å². The van der Waals surface area contributed by atoms with E-state index >= 15 is 0 Å². The highest BCUT2D eigenvalue weighted by Gasteiger charge is 2.29. The maximum absolute atomic E-state index is 8.71. The first-order chi connectivity index (χ1) is 10.3. The Morgan fingerprint density at radius 2 is 1.95 bits per heavy atom. The van der Waals surface area contributed by atoms with Crippen LogP contribution in [0.15, 0.2) is 41.8 Å². The van der Waals surface area contributed by atoms with Crippen LogP contribution in [0.1, 0.15) is 28.8 Å². The van der Waals surface area contributed by atoms with Gasteiger partial charge in [0.1, 0.15) is 6.61 Å². The topological polar surface area (TPSA) is 23.5 Å². The first-order valence-electron chi connectivity index (χ1n) is 7.30. The minimum absolute atomic E-state index is 0.0853. The number of aliphatic hydroxyl groups excluding tert-OH is 1. The highest BCUT2D eigenvalue weighted by Crippen LogP contribution is 2.30. The van der Waals surface area contributed by atoms with Crippen LogP contribution in [0.25, 0.3) is 0 Å². The average molecular weight is 297 g/mol. The molecule has 0 aliphatic heterocycles. The normalized spacial score (nSPS) is 14.0. The SMILES string of the molecule is OCC#Cc1ccc(CN(Cc2cccs2)C2CC2)cc1. The number of aliphatic hydroxyl groups is 1. The summed E-state index contributed by atoms with van der Waals surface area (Å²) in [6.45, 7) is 1.96. The van der Waals surface area contributed by atoms with Crippen molar-refractivity contribution < 1.29 is 5.11 Å². The molecular formula is C18H19NOS. The standard InChI is InChI=1S/C18H19NOS/c20-11-1-3-15-5-7-16(8-6-15)13-19(17-9-10-17)14-18-4-2-12-21-18/h2,4-8,12,17,20H,9-11,13-14H2. The lowest BCUT2D eigenvalue weighted by atomic mass is 10.1. The molecule has 1 aromatic heterocycles. The molecule has 1 aromatic carbocycles. The van der Waals surface area contributed by atoms with Crippen molar-refractivity contribution in [2.45, 2.75) is 32.0 Å². The molecule has 1 saturated carbocycles. The number of hydrogen-bond donors (Lipinski definition) is 1. The third-order valence-electron chi connectivity index (χ3n) is 3.65. The molecule has 0 unspecified atom stereocenters. The Bertz CT molecular complexity index is 617. The fourth-order valence-electron chi connectivity index (χ4n) is 2.43. The number of benzene rings is 1. The van der Waals surface area contributed by atoms with E-state index in [1.54, 1.807) is 0 Å². The van der Waals surface area contributed by atoms with Gasteiger partial charge in [-0.1, -0.05) is 30.0 Å². The molecule has 0 saturated heterocycles. The number of hydrogen-bond acceptors (Lipinski definition) is 3. The van der Waals surface area contributed by atoms with Gasteiger partial charge in [0, 0.05) is 29.6 Å². The van der Waals surface area contributed by atoms with Crippen LogP contribution < -0.4 is 0 Å². The molecule has 108 valence electrons. The predicted octanol–water partition coefficient (Wildman–Crippen LogP) is 3.26. The zero-order valence-corrected chi connectivity index (χ0v) is 12.8. The van der Waals surface area contributed by atoms with Crippen LogP contribution in [0.5, 0.6) is 0 Å². The molecule has 1 aliphatic carbocycles. The molecule has 3 heteroatoms. The average Bonchev–Trinajstić information content (AvgIpc) is 3.24. The van der Waals surface area contributed by atoms with Crippen molar-refractivity contribution in [1.29, 1.82) is 0 Å². The van der Waals surface area contributed by atoms with Crippen molar-refractivity contribution >= 4 is 11.3 Å². The van der Waals surface area contributed by atoms with Gasteiger partial charge in [0.05, 0.1) is 0 Å². The Balaban J connectivity index is 1.65. The first-order valence-corrected chi connectivity index (χ1v) is 8.18. The van der Waals surface area contributed by atoms with E-state index in [0.29, 0.717) is 0 Å². The van der Waals surface area contributed by atoms with E-state index in [0.717, 1.165) is 24.7 Å². The quantitative estimate of drug-likeness (QED) is 0.856. The maximum Gasteiger partial charge on any atom is 0.104 e. The van der Waals surface area contributed by atoms with Crippen molar-refractivity contribution in [3.63, 3.8) is 0 Å². The van der Waals surface area contributed by atoms with E-state index in [9.17, 15) is 0 Å². The Morgan fingerprint density at radius 3 is 2.57 bits per heavy atom. The summed E-state index contributed by atoms with van der Waals surface area (Å²) < 4.78 is 0. The smallest absolute Gasteiger partial charge is 0.104 e. The third kappa shape index (κ3) is 4.18. The molecule has 0 radical (unpaired) electrons. The molecule has 1 N–H and O–H groups in total. The second-order valence-corrected chi connectivity index (χ2v) is 6.40. The fraction of sp³-hybridized carbons (Fsp3) is 0.333. The molecule has 1 fully saturated rings.